The highest BCUT2D eigenvalue weighted by molar-refractivity contribution is 9.10. The SMILES string of the molecule is Cc1[nH]c(=O)[nH]c1C(=O)c1ccc(Br)cc1. The predicted octanol–water partition coefficient (Wildman–Crippen LogP) is 2.00. The summed E-state index contributed by atoms with van der Waals surface area (Å²) in [6, 6.07) is 6.98. The number of nitrogens with one attached hydrogen (secondary N) is 2. The summed E-state index contributed by atoms with van der Waals surface area (Å²) < 4.78 is 0.906. The Morgan fingerprint density at radius 1 is 1.19 bits per heavy atom. The highest BCUT2D eigenvalue weighted by Gasteiger charge is 2.14. The van der Waals surface area contributed by atoms with Crippen LogP contribution in [-0.4, -0.2) is 15.8 Å². The van der Waals surface area contributed by atoms with Crippen molar-refractivity contribution in [3.63, 3.8) is 0 Å². The molecular weight excluding hydrogens is 272 g/mol. The molecule has 16 heavy (non-hydrogen) atoms. The molecule has 2 N–H and O–H groups in total. The number of hydrogen-bond acceptors (Lipinski definition) is 2. The van der Waals surface area contributed by atoms with Gasteiger partial charge in [0.2, 0.25) is 5.78 Å². The second-order valence-electron chi connectivity index (χ2n) is 3.42. The van der Waals surface area contributed by atoms with Crippen molar-refractivity contribution in [1.29, 1.82) is 0 Å². The maximum Gasteiger partial charge on any atom is 0.323 e. The van der Waals surface area contributed by atoms with E-state index < -0.39 is 0 Å². The van der Waals surface area contributed by atoms with Crippen molar-refractivity contribution in [1.82, 2.24) is 9.97 Å². The molecule has 0 radical (unpaired) electrons. The Morgan fingerprint density at radius 3 is 2.31 bits per heavy atom. The summed E-state index contributed by atoms with van der Waals surface area (Å²) in [5.41, 5.74) is 1.05. The van der Waals surface area contributed by atoms with E-state index in [0.29, 0.717) is 17.0 Å². The van der Waals surface area contributed by atoms with Crippen molar-refractivity contribution in [2.75, 3.05) is 0 Å². The first kappa shape index (κ1) is 10.9. The van der Waals surface area contributed by atoms with Crippen molar-refractivity contribution in [3.8, 4) is 0 Å². The molecule has 4 nitrogen and oxygen atoms in total. The highest BCUT2D eigenvalue weighted by atomic mass is 79.9. The first-order chi connectivity index (χ1) is 7.58. The molecule has 5 heteroatoms. The van der Waals surface area contributed by atoms with Gasteiger partial charge in [-0.25, -0.2) is 4.79 Å². The summed E-state index contributed by atoms with van der Waals surface area (Å²) in [5, 5.41) is 0. The number of aryl methyl sites for hydroxylation is 1. The number of rotatable bonds is 2. The summed E-state index contributed by atoms with van der Waals surface area (Å²) in [6.07, 6.45) is 0. The summed E-state index contributed by atoms with van der Waals surface area (Å²) >= 11 is 3.29. The third-order valence-corrected chi connectivity index (χ3v) is 2.78. The number of ketones is 1. The molecule has 0 spiro atoms. The summed E-state index contributed by atoms with van der Waals surface area (Å²) in [4.78, 5) is 28.0. The van der Waals surface area contributed by atoms with Crippen LogP contribution < -0.4 is 5.69 Å². The van der Waals surface area contributed by atoms with Gasteiger partial charge in [0.05, 0.1) is 0 Å². The molecule has 0 aliphatic heterocycles. The van der Waals surface area contributed by atoms with Gasteiger partial charge in [-0.3, -0.25) is 4.79 Å². The second-order valence-corrected chi connectivity index (χ2v) is 4.33. The van der Waals surface area contributed by atoms with Crippen LogP contribution in [0.5, 0.6) is 0 Å². The van der Waals surface area contributed by atoms with Crippen LogP contribution in [0.3, 0.4) is 0 Å². The van der Waals surface area contributed by atoms with Gasteiger partial charge in [0.1, 0.15) is 5.69 Å². The molecule has 0 amide bonds. The zero-order valence-electron chi connectivity index (χ0n) is 8.50. The number of hydrogen-bond donors (Lipinski definition) is 2. The van der Waals surface area contributed by atoms with E-state index in [1.807, 2.05) is 0 Å². The zero-order valence-corrected chi connectivity index (χ0v) is 10.1. The van der Waals surface area contributed by atoms with Gasteiger partial charge in [-0.05, 0) is 31.2 Å². The average Bonchev–Trinajstić information content (AvgIpc) is 2.58. The maximum atomic E-state index is 12.0. The van der Waals surface area contributed by atoms with Gasteiger partial charge >= 0.3 is 5.69 Å². The van der Waals surface area contributed by atoms with E-state index in [1.54, 1.807) is 31.2 Å². The zero-order chi connectivity index (χ0) is 11.7. The largest absolute Gasteiger partial charge is 0.323 e. The van der Waals surface area contributed by atoms with E-state index in [2.05, 4.69) is 25.9 Å². The minimum atomic E-state index is -0.363. The molecule has 1 aromatic heterocycles. The molecule has 0 aliphatic carbocycles. The standard InChI is InChI=1S/C11H9BrN2O2/c1-6-9(14-11(16)13-6)10(15)7-2-4-8(12)5-3-7/h2-5H,1H3,(H2,13,14,16). The van der Waals surface area contributed by atoms with Crippen LogP contribution in [0, 0.1) is 6.92 Å². The summed E-state index contributed by atoms with van der Waals surface area (Å²) in [6.45, 7) is 1.68. The average molecular weight is 281 g/mol. The minimum absolute atomic E-state index is 0.191. The monoisotopic (exact) mass is 280 g/mol. The van der Waals surface area contributed by atoms with Crippen LogP contribution >= 0.6 is 15.9 Å². The number of imidazole rings is 1. The third-order valence-electron chi connectivity index (χ3n) is 2.25. The molecular formula is C11H9BrN2O2. The molecule has 0 bridgehead atoms. The topological polar surface area (TPSA) is 65.7 Å². The van der Waals surface area contributed by atoms with Crippen LogP contribution in [0.1, 0.15) is 21.7 Å². The lowest BCUT2D eigenvalue weighted by Crippen LogP contribution is -2.06. The normalized spacial score (nSPS) is 10.4. The Hall–Kier alpha value is -1.62. The molecule has 0 aliphatic rings. The van der Waals surface area contributed by atoms with Crippen LogP contribution in [-0.2, 0) is 0 Å². The van der Waals surface area contributed by atoms with Crippen molar-refractivity contribution < 1.29 is 4.79 Å². The van der Waals surface area contributed by atoms with Crippen LogP contribution in [0.2, 0.25) is 0 Å². The molecule has 0 fully saturated rings. The highest BCUT2D eigenvalue weighted by Crippen LogP contribution is 2.13. The number of halogens is 1. The lowest BCUT2D eigenvalue weighted by molar-refractivity contribution is 0.103. The Kier molecular flexibility index (Phi) is 2.78. The van der Waals surface area contributed by atoms with Crippen molar-refractivity contribution in [2.24, 2.45) is 0 Å². The van der Waals surface area contributed by atoms with Gasteiger partial charge in [-0.2, -0.15) is 0 Å². The maximum absolute atomic E-state index is 12.0. The summed E-state index contributed by atoms with van der Waals surface area (Å²) in [5.74, 6) is -0.191. The van der Waals surface area contributed by atoms with Gasteiger partial charge < -0.3 is 9.97 Å². The Bertz CT molecular complexity index is 581. The van der Waals surface area contributed by atoms with Crippen molar-refractivity contribution in [2.45, 2.75) is 6.92 Å². The van der Waals surface area contributed by atoms with Gasteiger partial charge in [0.25, 0.3) is 0 Å². The van der Waals surface area contributed by atoms with Crippen LogP contribution in [0.15, 0.2) is 33.5 Å². The first-order valence-electron chi connectivity index (χ1n) is 4.67. The lowest BCUT2D eigenvalue weighted by atomic mass is 10.1. The molecule has 1 aromatic carbocycles. The molecule has 0 saturated heterocycles. The molecule has 0 unspecified atom stereocenters. The number of carbonyl (C=O) groups is 1. The van der Waals surface area contributed by atoms with E-state index in [4.69, 9.17) is 0 Å². The molecule has 2 rings (SSSR count). The smallest absolute Gasteiger partial charge is 0.310 e. The Morgan fingerprint density at radius 2 is 1.81 bits per heavy atom. The van der Waals surface area contributed by atoms with Gasteiger partial charge in [-0.1, -0.05) is 15.9 Å². The molecule has 2 aromatic rings. The lowest BCUT2D eigenvalue weighted by Gasteiger charge is -1.99. The Labute approximate surface area is 99.8 Å². The van der Waals surface area contributed by atoms with E-state index in [-0.39, 0.29) is 11.5 Å². The van der Waals surface area contributed by atoms with Crippen molar-refractivity contribution in [3.05, 3.63) is 56.2 Å². The van der Waals surface area contributed by atoms with E-state index in [1.165, 1.54) is 0 Å². The molecule has 82 valence electrons. The predicted molar refractivity (Wildman–Crippen MR) is 63.7 cm³/mol. The fourth-order valence-corrected chi connectivity index (χ4v) is 1.71. The number of H-pyrrole nitrogens is 2. The summed E-state index contributed by atoms with van der Waals surface area (Å²) in [7, 11) is 0. The number of aromatic amines is 2. The number of carbonyl (C=O) groups excluding carboxylic acids is 1. The molecule has 0 saturated carbocycles. The fraction of sp³-hybridized carbons (Fsp3) is 0.0909. The fourth-order valence-electron chi connectivity index (χ4n) is 1.44. The van der Waals surface area contributed by atoms with Gasteiger partial charge in [0, 0.05) is 15.7 Å². The first-order valence-corrected chi connectivity index (χ1v) is 5.46. The molecule has 0 atom stereocenters. The van der Waals surface area contributed by atoms with E-state index in [9.17, 15) is 9.59 Å². The molecule has 1 heterocycles. The number of aromatic nitrogens is 2. The van der Waals surface area contributed by atoms with Crippen LogP contribution in [0.25, 0.3) is 0 Å². The quantitative estimate of drug-likeness (QED) is 0.827. The van der Waals surface area contributed by atoms with E-state index >= 15 is 0 Å². The van der Waals surface area contributed by atoms with Gasteiger partial charge in [0.15, 0.2) is 0 Å². The van der Waals surface area contributed by atoms with Gasteiger partial charge in [-0.15, -0.1) is 0 Å². The minimum Gasteiger partial charge on any atom is -0.310 e. The second kappa shape index (κ2) is 4.09. The third kappa shape index (κ3) is 1.99. The van der Waals surface area contributed by atoms with Crippen LogP contribution in [0.4, 0.5) is 0 Å². The number of benzene rings is 1. The van der Waals surface area contributed by atoms with E-state index in [0.717, 1.165) is 4.47 Å². The Balaban J connectivity index is 2.43. The van der Waals surface area contributed by atoms with Crippen molar-refractivity contribution >= 4 is 21.7 Å².